The van der Waals surface area contributed by atoms with Gasteiger partial charge in [0.2, 0.25) is 0 Å². The molecular formula is C18H12ClFN2O4S. The summed E-state index contributed by atoms with van der Waals surface area (Å²) in [5.41, 5.74) is -1.17. The Morgan fingerprint density at radius 2 is 2.11 bits per heavy atom. The minimum Gasteiger partial charge on any atom is -0.481 e. The number of carbonyl (C=O) groups is 2. The molecule has 0 spiro atoms. The van der Waals surface area contributed by atoms with Crippen molar-refractivity contribution in [2.45, 2.75) is 18.9 Å². The van der Waals surface area contributed by atoms with Crippen LogP contribution in [0.1, 0.15) is 13.3 Å². The number of benzene rings is 2. The van der Waals surface area contributed by atoms with Crippen LogP contribution in [-0.2, 0) is 9.59 Å². The summed E-state index contributed by atoms with van der Waals surface area (Å²) in [6.07, 6.45) is -0.531. The van der Waals surface area contributed by atoms with Gasteiger partial charge in [0.15, 0.2) is 10.7 Å². The van der Waals surface area contributed by atoms with Gasteiger partial charge in [-0.1, -0.05) is 35.1 Å². The van der Waals surface area contributed by atoms with Gasteiger partial charge in [-0.3, -0.25) is 9.59 Å². The first kappa shape index (κ1) is 17.7. The molecule has 3 aromatic rings. The molecule has 0 saturated heterocycles. The van der Waals surface area contributed by atoms with Gasteiger partial charge in [0.05, 0.1) is 21.8 Å². The molecule has 0 radical (unpaired) electrons. The van der Waals surface area contributed by atoms with Crippen LogP contribution >= 0.6 is 22.9 Å². The standard InChI is InChI=1S/C18H12ClFN2O4S/c1-18(8-13(23)24)16(25)22(11-4-2-3-5-12(11)26-18)17-21-14-10(20)7-6-9(19)15(14)27-17/h2-7H,8H2,1H3,(H,23,24). The second-order valence-electron chi connectivity index (χ2n) is 6.22. The maximum absolute atomic E-state index is 14.1. The van der Waals surface area contributed by atoms with E-state index in [4.69, 9.17) is 16.3 Å². The monoisotopic (exact) mass is 406 g/mol. The number of amides is 1. The summed E-state index contributed by atoms with van der Waals surface area (Å²) in [6, 6.07) is 9.34. The lowest BCUT2D eigenvalue weighted by molar-refractivity contribution is -0.148. The van der Waals surface area contributed by atoms with Crippen LogP contribution < -0.4 is 9.64 Å². The van der Waals surface area contributed by atoms with Crippen molar-refractivity contribution >= 4 is 55.8 Å². The Labute approximate surface area is 161 Å². The van der Waals surface area contributed by atoms with Gasteiger partial charge in [0.25, 0.3) is 5.91 Å². The normalized spacial score (nSPS) is 19.1. The van der Waals surface area contributed by atoms with Crippen molar-refractivity contribution in [2.75, 3.05) is 4.90 Å². The topological polar surface area (TPSA) is 79.7 Å². The highest BCUT2D eigenvalue weighted by molar-refractivity contribution is 7.23. The van der Waals surface area contributed by atoms with E-state index in [0.717, 1.165) is 11.3 Å². The minimum atomic E-state index is -1.62. The first-order chi connectivity index (χ1) is 12.8. The van der Waals surface area contributed by atoms with Crippen LogP contribution in [0.15, 0.2) is 36.4 Å². The fourth-order valence-electron chi connectivity index (χ4n) is 2.98. The van der Waals surface area contributed by atoms with Gasteiger partial charge in [0.1, 0.15) is 17.1 Å². The van der Waals surface area contributed by atoms with Crippen molar-refractivity contribution in [3.8, 4) is 5.75 Å². The second-order valence-corrected chi connectivity index (χ2v) is 7.60. The van der Waals surface area contributed by atoms with E-state index >= 15 is 0 Å². The van der Waals surface area contributed by atoms with Crippen LogP contribution in [0, 0.1) is 5.82 Å². The first-order valence-electron chi connectivity index (χ1n) is 7.89. The summed E-state index contributed by atoms with van der Waals surface area (Å²) in [6.45, 7) is 1.41. The number of aromatic nitrogens is 1. The Balaban J connectivity index is 1.93. The number of nitrogens with zero attached hydrogens (tertiary/aromatic N) is 2. The largest absolute Gasteiger partial charge is 0.481 e. The van der Waals surface area contributed by atoms with Gasteiger partial charge in [-0.05, 0) is 31.2 Å². The molecule has 1 atom stereocenters. The summed E-state index contributed by atoms with van der Waals surface area (Å²) >= 11 is 7.19. The molecule has 2 aromatic carbocycles. The highest BCUT2D eigenvalue weighted by atomic mass is 35.5. The fraction of sp³-hybridized carbons (Fsp3) is 0.167. The molecule has 138 valence electrons. The number of para-hydroxylation sites is 2. The van der Waals surface area contributed by atoms with E-state index in [1.807, 2.05) is 0 Å². The number of fused-ring (bicyclic) bond motifs is 2. The molecule has 0 fully saturated rings. The summed E-state index contributed by atoms with van der Waals surface area (Å²) in [5.74, 6) is -1.99. The molecule has 1 aliphatic heterocycles. The lowest BCUT2D eigenvalue weighted by Crippen LogP contribution is -2.53. The van der Waals surface area contributed by atoms with Crippen LogP contribution in [0.4, 0.5) is 15.2 Å². The molecule has 1 amide bonds. The number of anilines is 2. The molecule has 2 heterocycles. The Morgan fingerprint density at radius 3 is 2.81 bits per heavy atom. The molecule has 4 rings (SSSR count). The number of rotatable bonds is 3. The third kappa shape index (κ3) is 2.81. The molecule has 0 saturated carbocycles. The molecule has 1 unspecified atom stereocenters. The smallest absolute Gasteiger partial charge is 0.307 e. The van der Waals surface area contributed by atoms with Crippen molar-refractivity contribution < 1.29 is 23.8 Å². The zero-order valence-corrected chi connectivity index (χ0v) is 15.5. The summed E-state index contributed by atoms with van der Waals surface area (Å²) < 4.78 is 20.3. The van der Waals surface area contributed by atoms with E-state index in [9.17, 15) is 19.1 Å². The highest BCUT2D eigenvalue weighted by Gasteiger charge is 2.47. The van der Waals surface area contributed by atoms with Gasteiger partial charge in [0, 0.05) is 0 Å². The van der Waals surface area contributed by atoms with Crippen molar-refractivity contribution in [1.82, 2.24) is 4.98 Å². The molecule has 0 bridgehead atoms. The van der Waals surface area contributed by atoms with Crippen molar-refractivity contribution in [1.29, 1.82) is 0 Å². The zero-order chi connectivity index (χ0) is 19.3. The lowest BCUT2D eigenvalue weighted by Gasteiger charge is -2.38. The number of carbonyl (C=O) groups excluding carboxylic acids is 1. The average Bonchev–Trinajstić information content (AvgIpc) is 3.05. The van der Waals surface area contributed by atoms with Gasteiger partial charge >= 0.3 is 5.97 Å². The van der Waals surface area contributed by atoms with Crippen LogP contribution in [-0.4, -0.2) is 27.6 Å². The molecule has 1 aromatic heterocycles. The molecule has 6 nitrogen and oxygen atoms in total. The number of hydrogen-bond acceptors (Lipinski definition) is 5. The Kier molecular flexibility index (Phi) is 4.05. The second kappa shape index (κ2) is 6.17. The SMILES string of the molecule is CC1(CC(=O)O)Oc2ccccc2N(c2nc3c(F)ccc(Cl)c3s2)C1=O. The van der Waals surface area contributed by atoms with Crippen LogP contribution in [0.3, 0.4) is 0 Å². The van der Waals surface area contributed by atoms with Gasteiger partial charge in [-0.15, -0.1) is 0 Å². The van der Waals surface area contributed by atoms with E-state index < -0.39 is 29.7 Å². The number of carboxylic acids is 1. The highest BCUT2D eigenvalue weighted by Crippen LogP contribution is 2.45. The Hall–Kier alpha value is -2.71. The van der Waals surface area contributed by atoms with Crippen molar-refractivity contribution in [3.05, 3.63) is 47.2 Å². The molecular weight excluding hydrogens is 395 g/mol. The molecule has 1 N–H and O–H groups in total. The molecule has 1 aliphatic rings. The number of carboxylic acid groups (broad SMARTS) is 1. The number of aliphatic carboxylic acids is 1. The van der Waals surface area contributed by atoms with E-state index in [-0.39, 0.29) is 10.6 Å². The van der Waals surface area contributed by atoms with Gasteiger partial charge in [-0.25, -0.2) is 14.3 Å². The number of thiazole rings is 1. The van der Waals surface area contributed by atoms with E-state index in [0.29, 0.717) is 21.2 Å². The minimum absolute atomic E-state index is 0.0548. The van der Waals surface area contributed by atoms with Gasteiger partial charge < -0.3 is 9.84 Å². The summed E-state index contributed by atoms with van der Waals surface area (Å²) in [4.78, 5) is 30.0. The third-order valence-electron chi connectivity index (χ3n) is 4.21. The van der Waals surface area contributed by atoms with Crippen molar-refractivity contribution in [2.24, 2.45) is 0 Å². The maximum atomic E-state index is 14.1. The predicted octanol–water partition coefficient (Wildman–Crippen LogP) is 4.38. The Bertz CT molecular complexity index is 1060. The lowest BCUT2D eigenvalue weighted by atomic mass is 9.97. The predicted molar refractivity (Wildman–Crippen MR) is 99.5 cm³/mol. The third-order valence-corrected chi connectivity index (χ3v) is 5.71. The van der Waals surface area contributed by atoms with Crippen LogP contribution in [0.25, 0.3) is 10.2 Å². The summed E-state index contributed by atoms with van der Waals surface area (Å²) in [5, 5.41) is 9.72. The quantitative estimate of drug-likeness (QED) is 0.698. The van der Waals surface area contributed by atoms with Gasteiger partial charge in [-0.2, -0.15) is 0 Å². The average molecular weight is 407 g/mol. The number of ether oxygens (including phenoxy) is 1. The fourth-order valence-corrected chi connectivity index (χ4v) is 4.25. The Morgan fingerprint density at radius 1 is 1.37 bits per heavy atom. The molecule has 0 aliphatic carbocycles. The number of hydrogen-bond donors (Lipinski definition) is 1. The van der Waals surface area contributed by atoms with E-state index in [1.165, 1.54) is 24.0 Å². The van der Waals surface area contributed by atoms with E-state index in [2.05, 4.69) is 4.98 Å². The van der Waals surface area contributed by atoms with Crippen LogP contribution in [0.2, 0.25) is 5.02 Å². The number of halogens is 2. The molecule has 9 heteroatoms. The first-order valence-corrected chi connectivity index (χ1v) is 9.08. The van der Waals surface area contributed by atoms with Crippen molar-refractivity contribution in [3.63, 3.8) is 0 Å². The van der Waals surface area contributed by atoms with Crippen LogP contribution in [0.5, 0.6) is 5.75 Å². The summed E-state index contributed by atoms with van der Waals surface area (Å²) in [7, 11) is 0. The zero-order valence-electron chi connectivity index (χ0n) is 13.9. The molecule has 27 heavy (non-hydrogen) atoms. The van der Waals surface area contributed by atoms with E-state index in [1.54, 1.807) is 24.3 Å². The maximum Gasteiger partial charge on any atom is 0.307 e.